The third-order valence-corrected chi connectivity index (χ3v) is 3.28. The molecule has 0 aliphatic carbocycles. The first kappa shape index (κ1) is 13.5. The average molecular weight is 267 g/mol. The lowest BCUT2D eigenvalue weighted by molar-refractivity contribution is -0.137. The van der Waals surface area contributed by atoms with Gasteiger partial charge in [0.05, 0.1) is 12.6 Å². The van der Waals surface area contributed by atoms with Gasteiger partial charge in [-0.05, 0) is 6.92 Å². The zero-order valence-corrected chi connectivity index (χ0v) is 10.8. The van der Waals surface area contributed by atoms with E-state index in [0.717, 1.165) is 0 Å². The molecule has 0 unspecified atom stereocenters. The van der Waals surface area contributed by atoms with Gasteiger partial charge in [-0.1, -0.05) is 5.16 Å². The summed E-state index contributed by atoms with van der Waals surface area (Å²) in [6.07, 6.45) is 1.58. The molecular formula is C12H17N3O4. The van der Waals surface area contributed by atoms with Crippen molar-refractivity contribution >= 4 is 11.9 Å². The molecule has 7 heteroatoms. The van der Waals surface area contributed by atoms with Gasteiger partial charge in [0.25, 0.3) is 5.91 Å². The minimum atomic E-state index is -0.793. The Morgan fingerprint density at radius 1 is 1.37 bits per heavy atom. The summed E-state index contributed by atoms with van der Waals surface area (Å²) in [5, 5.41) is 12.2. The Bertz CT molecular complexity index is 463. The molecule has 1 amide bonds. The number of carboxylic acids is 1. The zero-order valence-electron chi connectivity index (χ0n) is 10.8. The Kier molecular flexibility index (Phi) is 4.16. The second-order valence-electron chi connectivity index (χ2n) is 4.57. The summed E-state index contributed by atoms with van der Waals surface area (Å²) in [4.78, 5) is 26.5. The molecule has 1 aromatic heterocycles. The molecule has 1 aliphatic rings. The lowest BCUT2D eigenvalue weighted by Gasteiger charge is -2.34. The molecule has 2 heterocycles. The second kappa shape index (κ2) is 5.83. The quantitative estimate of drug-likeness (QED) is 0.839. The fourth-order valence-electron chi connectivity index (χ4n) is 2.10. The number of amides is 1. The van der Waals surface area contributed by atoms with Gasteiger partial charge in [0, 0.05) is 32.7 Å². The van der Waals surface area contributed by atoms with E-state index >= 15 is 0 Å². The smallest absolute Gasteiger partial charge is 0.304 e. The van der Waals surface area contributed by atoms with Crippen molar-refractivity contribution in [3.8, 4) is 0 Å². The molecule has 19 heavy (non-hydrogen) atoms. The standard InChI is InChI=1S/C12H17N3O4/c1-9-10(8-13-19-9)12(18)15-6-4-14(5-7-15)3-2-11(16)17/h8H,2-7H2,1H3,(H,16,17). The second-order valence-corrected chi connectivity index (χ2v) is 4.57. The number of nitrogens with zero attached hydrogens (tertiary/aromatic N) is 3. The molecule has 1 fully saturated rings. The van der Waals surface area contributed by atoms with E-state index in [1.165, 1.54) is 6.20 Å². The van der Waals surface area contributed by atoms with Gasteiger partial charge in [-0.3, -0.25) is 14.5 Å². The molecule has 104 valence electrons. The topological polar surface area (TPSA) is 86.9 Å². The van der Waals surface area contributed by atoms with Crippen LogP contribution < -0.4 is 0 Å². The lowest BCUT2D eigenvalue weighted by Crippen LogP contribution is -2.49. The van der Waals surface area contributed by atoms with Crippen LogP contribution in [0.2, 0.25) is 0 Å². The predicted molar refractivity (Wildman–Crippen MR) is 65.8 cm³/mol. The van der Waals surface area contributed by atoms with Crippen molar-refractivity contribution in [2.24, 2.45) is 0 Å². The number of carbonyl (C=O) groups is 2. The van der Waals surface area contributed by atoms with Gasteiger partial charge in [0.1, 0.15) is 11.3 Å². The van der Waals surface area contributed by atoms with Crippen LogP contribution in [0.4, 0.5) is 0 Å². The van der Waals surface area contributed by atoms with Crippen molar-refractivity contribution in [2.75, 3.05) is 32.7 Å². The van der Waals surface area contributed by atoms with Gasteiger partial charge < -0.3 is 14.5 Å². The van der Waals surface area contributed by atoms with Crippen LogP contribution in [0, 0.1) is 6.92 Å². The number of aliphatic carboxylic acids is 1. The van der Waals surface area contributed by atoms with E-state index in [0.29, 0.717) is 44.0 Å². The number of aromatic nitrogens is 1. The van der Waals surface area contributed by atoms with Crippen molar-refractivity contribution in [3.63, 3.8) is 0 Å². The molecule has 0 radical (unpaired) electrons. The van der Waals surface area contributed by atoms with Gasteiger partial charge in [0.2, 0.25) is 0 Å². The Morgan fingerprint density at radius 3 is 2.58 bits per heavy atom. The molecule has 0 aromatic carbocycles. The fraction of sp³-hybridized carbons (Fsp3) is 0.583. The summed E-state index contributed by atoms with van der Waals surface area (Å²) in [6.45, 7) is 4.84. The molecule has 0 bridgehead atoms. The van der Waals surface area contributed by atoms with Crippen molar-refractivity contribution in [1.29, 1.82) is 0 Å². The van der Waals surface area contributed by atoms with Crippen LogP contribution in [0.3, 0.4) is 0 Å². The van der Waals surface area contributed by atoms with E-state index in [1.54, 1.807) is 11.8 Å². The predicted octanol–water partition coefficient (Wildman–Crippen LogP) is 0.216. The number of hydrogen-bond acceptors (Lipinski definition) is 5. The van der Waals surface area contributed by atoms with Gasteiger partial charge >= 0.3 is 5.97 Å². The molecule has 0 atom stereocenters. The van der Waals surface area contributed by atoms with Gasteiger partial charge in [-0.25, -0.2) is 0 Å². The van der Waals surface area contributed by atoms with Crippen LogP contribution in [-0.2, 0) is 4.79 Å². The van der Waals surface area contributed by atoms with E-state index in [1.807, 2.05) is 0 Å². The van der Waals surface area contributed by atoms with Crippen LogP contribution >= 0.6 is 0 Å². The van der Waals surface area contributed by atoms with Crippen LogP contribution in [0.5, 0.6) is 0 Å². The molecule has 1 aliphatic heterocycles. The Hall–Kier alpha value is -1.89. The van der Waals surface area contributed by atoms with Gasteiger partial charge in [-0.2, -0.15) is 0 Å². The highest BCUT2D eigenvalue weighted by Gasteiger charge is 2.24. The van der Waals surface area contributed by atoms with E-state index in [4.69, 9.17) is 9.63 Å². The Labute approximate surface area is 110 Å². The molecule has 1 aromatic rings. The van der Waals surface area contributed by atoms with Crippen molar-refractivity contribution in [1.82, 2.24) is 15.0 Å². The van der Waals surface area contributed by atoms with Crippen molar-refractivity contribution < 1.29 is 19.2 Å². The number of piperazine rings is 1. The zero-order chi connectivity index (χ0) is 13.8. The normalized spacial score (nSPS) is 16.6. The molecular weight excluding hydrogens is 250 g/mol. The highest BCUT2D eigenvalue weighted by Crippen LogP contribution is 2.12. The third kappa shape index (κ3) is 3.31. The first-order chi connectivity index (χ1) is 9.08. The average Bonchev–Trinajstić information content (AvgIpc) is 2.82. The van der Waals surface area contributed by atoms with Crippen LogP contribution in [-0.4, -0.2) is 64.7 Å². The molecule has 2 rings (SSSR count). The van der Waals surface area contributed by atoms with Crippen molar-refractivity contribution in [2.45, 2.75) is 13.3 Å². The van der Waals surface area contributed by atoms with Gasteiger partial charge in [0.15, 0.2) is 0 Å². The maximum absolute atomic E-state index is 12.2. The maximum Gasteiger partial charge on any atom is 0.304 e. The monoisotopic (exact) mass is 267 g/mol. The Morgan fingerprint density at radius 2 is 2.05 bits per heavy atom. The van der Waals surface area contributed by atoms with E-state index in [-0.39, 0.29) is 12.3 Å². The largest absolute Gasteiger partial charge is 0.481 e. The minimum absolute atomic E-state index is 0.0726. The van der Waals surface area contributed by atoms with Crippen LogP contribution in [0.1, 0.15) is 22.5 Å². The number of carboxylic acid groups (broad SMARTS) is 1. The lowest BCUT2D eigenvalue weighted by atomic mass is 10.2. The van der Waals surface area contributed by atoms with Crippen molar-refractivity contribution in [3.05, 3.63) is 17.5 Å². The van der Waals surface area contributed by atoms with Crippen LogP contribution in [0.15, 0.2) is 10.7 Å². The summed E-state index contributed by atoms with van der Waals surface area (Å²) < 4.78 is 4.89. The molecule has 7 nitrogen and oxygen atoms in total. The number of carbonyl (C=O) groups excluding carboxylic acids is 1. The summed E-state index contributed by atoms with van der Waals surface area (Å²) in [7, 11) is 0. The summed E-state index contributed by atoms with van der Waals surface area (Å²) in [6, 6.07) is 0. The molecule has 0 saturated carbocycles. The highest BCUT2D eigenvalue weighted by atomic mass is 16.5. The number of hydrogen-bond donors (Lipinski definition) is 1. The third-order valence-electron chi connectivity index (χ3n) is 3.28. The molecule has 1 saturated heterocycles. The first-order valence-corrected chi connectivity index (χ1v) is 6.22. The molecule has 1 N–H and O–H groups in total. The minimum Gasteiger partial charge on any atom is -0.481 e. The van der Waals surface area contributed by atoms with E-state index < -0.39 is 5.97 Å². The number of rotatable bonds is 4. The maximum atomic E-state index is 12.2. The van der Waals surface area contributed by atoms with E-state index in [9.17, 15) is 9.59 Å². The van der Waals surface area contributed by atoms with Crippen LogP contribution in [0.25, 0.3) is 0 Å². The first-order valence-electron chi connectivity index (χ1n) is 6.22. The van der Waals surface area contributed by atoms with Gasteiger partial charge in [-0.15, -0.1) is 0 Å². The Balaban J connectivity index is 1.85. The number of aryl methyl sites for hydroxylation is 1. The van der Waals surface area contributed by atoms with E-state index in [2.05, 4.69) is 10.1 Å². The summed E-state index contributed by atoms with van der Waals surface area (Å²) in [5.41, 5.74) is 0.499. The highest BCUT2D eigenvalue weighted by molar-refractivity contribution is 5.94. The summed E-state index contributed by atoms with van der Waals surface area (Å²) in [5.74, 6) is -0.339. The SMILES string of the molecule is Cc1oncc1C(=O)N1CCN(CCC(=O)O)CC1. The fourth-order valence-corrected chi connectivity index (χ4v) is 2.10. The summed E-state index contributed by atoms with van der Waals surface area (Å²) >= 11 is 0. The molecule has 0 spiro atoms.